The van der Waals surface area contributed by atoms with E-state index in [4.69, 9.17) is 0 Å². The number of hydrogen-bond acceptors (Lipinski definition) is 2. The molecule has 0 aliphatic carbocycles. The van der Waals surface area contributed by atoms with Gasteiger partial charge in [-0.25, -0.2) is 0 Å². The molecule has 0 spiro atoms. The number of halogens is 2. The third kappa shape index (κ3) is 4.30. The zero-order valence-corrected chi connectivity index (χ0v) is 15.6. The standard InChI is InChI=1S/C16H14BrIN2O2/c1-2-19-15(21)10-3-6-12(7-4-10)20-16(22)13-9-11(17)5-8-14(13)18/h3-9H,2H2,1H3,(H,19,21)(H,20,22). The van der Waals surface area contributed by atoms with Gasteiger partial charge >= 0.3 is 0 Å². The Morgan fingerprint density at radius 3 is 2.41 bits per heavy atom. The minimum atomic E-state index is -0.184. The minimum Gasteiger partial charge on any atom is -0.352 e. The number of benzene rings is 2. The van der Waals surface area contributed by atoms with Crippen molar-refractivity contribution in [3.05, 3.63) is 61.6 Å². The fourth-order valence-corrected chi connectivity index (χ4v) is 2.78. The van der Waals surface area contributed by atoms with Gasteiger partial charge in [0.2, 0.25) is 0 Å². The Bertz CT molecular complexity index is 702. The number of anilines is 1. The molecule has 2 rings (SSSR count). The number of hydrogen-bond donors (Lipinski definition) is 2. The smallest absolute Gasteiger partial charge is 0.256 e. The van der Waals surface area contributed by atoms with Crippen LogP contribution < -0.4 is 10.6 Å². The van der Waals surface area contributed by atoms with Crippen LogP contribution in [0.3, 0.4) is 0 Å². The molecule has 2 N–H and O–H groups in total. The molecule has 0 fully saturated rings. The highest BCUT2D eigenvalue weighted by molar-refractivity contribution is 14.1. The maximum absolute atomic E-state index is 12.3. The number of rotatable bonds is 4. The Morgan fingerprint density at radius 1 is 1.09 bits per heavy atom. The average Bonchev–Trinajstić information content (AvgIpc) is 2.50. The van der Waals surface area contributed by atoms with Crippen LogP contribution in [0.25, 0.3) is 0 Å². The van der Waals surface area contributed by atoms with E-state index in [1.54, 1.807) is 30.3 Å². The van der Waals surface area contributed by atoms with E-state index in [1.807, 2.05) is 19.1 Å². The molecule has 6 heteroatoms. The highest BCUT2D eigenvalue weighted by atomic mass is 127. The summed E-state index contributed by atoms with van der Waals surface area (Å²) in [7, 11) is 0. The van der Waals surface area contributed by atoms with Gasteiger partial charge in [0.15, 0.2) is 0 Å². The van der Waals surface area contributed by atoms with Crippen molar-refractivity contribution < 1.29 is 9.59 Å². The van der Waals surface area contributed by atoms with Crippen molar-refractivity contribution in [1.29, 1.82) is 0 Å². The lowest BCUT2D eigenvalue weighted by atomic mass is 10.1. The number of nitrogens with one attached hydrogen (secondary N) is 2. The summed E-state index contributed by atoms with van der Waals surface area (Å²) in [6.45, 7) is 2.45. The summed E-state index contributed by atoms with van der Waals surface area (Å²) in [4.78, 5) is 24.0. The largest absolute Gasteiger partial charge is 0.352 e. The van der Waals surface area contributed by atoms with Gasteiger partial charge in [0.05, 0.1) is 5.56 Å². The summed E-state index contributed by atoms with van der Waals surface area (Å²) in [6, 6.07) is 12.3. The molecule has 0 heterocycles. The van der Waals surface area contributed by atoms with Crippen molar-refractivity contribution in [2.75, 3.05) is 11.9 Å². The van der Waals surface area contributed by atoms with Crippen LogP contribution in [0.1, 0.15) is 27.6 Å². The maximum Gasteiger partial charge on any atom is 0.256 e. The molecule has 0 atom stereocenters. The van der Waals surface area contributed by atoms with Crippen molar-refractivity contribution in [3.8, 4) is 0 Å². The van der Waals surface area contributed by atoms with E-state index in [0.717, 1.165) is 8.04 Å². The van der Waals surface area contributed by atoms with Gasteiger partial charge < -0.3 is 10.6 Å². The third-order valence-electron chi connectivity index (χ3n) is 2.92. The van der Waals surface area contributed by atoms with Crippen LogP contribution in [-0.4, -0.2) is 18.4 Å². The van der Waals surface area contributed by atoms with Gasteiger partial charge in [-0.2, -0.15) is 0 Å². The summed E-state index contributed by atoms with van der Waals surface area (Å²) in [5.74, 6) is -0.307. The number of carbonyl (C=O) groups is 2. The first-order valence-electron chi connectivity index (χ1n) is 6.66. The molecule has 0 aromatic heterocycles. The van der Waals surface area contributed by atoms with Crippen LogP contribution in [0.4, 0.5) is 5.69 Å². The van der Waals surface area contributed by atoms with Crippen molar-refractivity contribution in [1.82, 2.24) is 5.32 Å². The third-order valence-corrected chi connectivity index (χ3v) is 4.35. The average molecular weight is 473 g/mol. The molecule has 2 aromatic carbocycles. The second-order valence-electron chi connectivity index (χ2n) is 4.52. The van der Waals surface area contributed by atoms with E-state index >= 15 is 0 Å². The summed E-state index contributed by atoms with van der Waals surface area (Å²) in [6.07, 6.45) is 0. The van der Waals surface area contributed by atoms with Crippen LogP contribution in [0.5, 0.6) is 0 Å². The van der Waals surface area contributed by atoms with Gasteiger partial charge in [-0.3, -0.25) is 9.59 Å². The van der Waals surface area contributed by atoms with Gasteiger partial charge in [0.1, 0.15) is 0 Å². The second kappa shape index (κ2) is 7.73. The summed E-state index contributed by atoms with van der Waals surface area (Å²) in [5, 5.41) is 5.56. The number of amides is 2. The SMILES string of the molecule is CCNC(=O)c1ccc(NC(=O)c2cc(Br)ccc2I)cc1. The highest BCUT2D eigenvalue weighted by Crippen LogP contribution is 2.20. The fraction of sp³-hybridized carbons (Fsp3) is 0.125. The molecule has 0 saturated carbocycles. The van der Waals surface area contributed by atoms with Crippen LogP contribution in [0.15, 0.2) is 46.9 Å². The zero-order valence-electron chi connectivity index (χ0n) is 11.8. The summed E-state index contributed by atoms with van der Waals surface area (Å²) in [5.41, 5.74) is 1.81. The molecule has 0 bridgehead atoms. The van der Waals surface area contributed by atoms with Gasteiger partial charge in [-0.15, -0.1) is 0 Å². The van der Waals surface area contributed by atoms with Gasteiger partial charge in [0, 0.05) is 25.8 Å². The maximum atomic E-state index is 12.3. The first-order chi connectivity index (χ1) is 10.5. The first-order valence-corrected chi connectivity index (χ1v) is 8.53. The van der Waals surface area contributed by atoms with Crippen LogP contribution in [-0.2, 0) is 0 Å². The van der Waals surface area contributed by atoms with E-state index in [2.05, 4.69) is 49.2 Å². The first kappa shape index (κ1) is 17.0. The van der Waals surface area contributed by atoms with Crippen molar-refractivity contribution >= 4 is 56.0 Å². The fourth-order valence-electron chi connectivity index (χ4n) is 1.84. The molecule has 2 aromatic rings. The normalized spacial score (nSPS) is 10.1. The van der Waals surface area contributed by atoms with E-state index in [1.165, 1.54) is 0 Å². The molecular formula is C16H14BrIN2O2. The monoisotopic (exact) mass is 472 g/mol. The Morgan fingerprint density at radius 2 is 1.77 bits per heavy atom. The summed E-state index contributed by atoms with van der Waals surface area (Å²) < 4.78 is 1.72. The van der Waals surface area contributed by atoms with E-state index in [-0.39, 0.29) is 11.8 Å². The van der Waals surface area contributed by atoms with Gasteiger partial charge in [0.25, 0.3) is 11.8 Å². The Balaban J connectivity index is 2.12. The Kier molecular flexibility index (Phi) is 5.96. The van der Waals surface area contributed by atoms with Crippen LogP contribution in [0.2, 0.25) is 0 Å². The Labute approximate surface area is 151 Å². The highest BCUT2D eigenvalue weighted by Gasteiger charge is 2.11. The quantitative estimate of drug-likeness (QED) is 0.659. The molecule has 114 valence electrons. The van der Waals surface area contributed by atoms with E-state index < -0.39 is 0 Å². The molecule has 0 saturated heterocycles. The topological polar surface area (TPSA) is 58.2 Å². The lowest BCUT2D eigenvalue weighted by Gasteiger charge is -2.08. The molecule has 0 aliphatic heterocycles. The lowest BCUT2D eigenvalue weighted by Crippen LogP contribution is -2.22. The van der Waals surface area contributed by atoms with Crippen LogP contribution in [0, 0.1) is 3.57 Å². The molecule has 0 unspecified atom stereocenters. The zero-order chi connectivity index (χ0) is 16.1. The minimum absolute atomic E-state index is 0.123. The summed E-state index contributed by atoms with van der Waals surface area (Å²) >= 11 is 5.49. The van der Waals surface area contributed by atoms with Crippen molar-refractivity contribution in [2.24, 2.45) is 0 Å². The number of carbonyl (C=O) groups excluding carboxylic acids is 2. The Hall–Kier alpha value is -1.41. The van der Waals surface area contributed by atoms with E-state index in [9.17, 15) is 9.59 Å². The molecule has 22 heavy (non-hydrogen) atoms. The molecule has 4 nitrogen and oxygen atoms in total. The lowest BCUT2D eigenvalue weighted by molar-refractivity contribution is 0.0955. The second-order valence-corrected chi connectivity index (χ2v) is 6.59. The van der Waals surface area contributed by atoms with E-state index in [0.29, 0.717) is 23.4 Å². The predicted molar refractivity (Wildman–Crippen MR) is 99.3 cm³/mol. The van der Waals surface area contributed by atoms with Gasteiger partial charge in [-0.1, -0.05) is 15.9 Å². The van der Waals surface area contributed by atoms with Crippen LogP contribution >= 0.6 is 38.5 Å². The van der Waals surface area contributed by atoms with Crippen molar-refractivity contribution in [3.63, 3.8) is 0 Å². The molecule has 0 aliphatic rings. The predicted octanol–water partition coefficient (Wildman–Crippen LogP) is 4.06. The van der Waals surface area contributed by atoms with Gasteiger partial charge in [-0.05, 0) is 72.0 Å². The molecule has 0 radical (unpaired) electrons. The molecule has 2 amide bonds. The molecular weight excluding hydrogens is 459 g/mol. The van der Waals surface area contributed by atoms with Crippen molar-refractivity contribution in [2.45, 2.75) is 6.92 Å².